The molecule has 0 aromatic heterocycles. The molecule has 1 amide bonds. The van der Waals surface area contributed by atoms with E-state index < -0.39 is 0 Å². The Hall–Kier alpha value is -1.26. The molecule has 1 fully saturated rings. The zero-order valence-corrected chi connectivity index (χ0v) is 11.2. The van der Waals surface area contributed by atoms with Gasteiger partial charge in [0.25, 0.3) is 0 Å². The Bertz CT molecular complexity index is 373. The fraction of sp³-hybridized carbons (Fsp3) is 0.462. The van der Waals surface area contributed by atoms with Gasteiger partial charge in [-0.15, -0.1) is 12.4 Å². The molecule has 4 nitrogen and oxygen atoms in total. The molecule has 1 aromatic rings. The third kappa shape index (κ3) is 4.20. The van der Waals surface area contributed by atoms with Crippen molar-refractivity contribution >= 4 is 18.5 Å². The number of hydrogen-bond donors (Lipinski definition) is 2. The molecule has 2 atom stereocenters. The molecular formula is C13H19ClN2O2. The lowest BCUT2D eigenvalue weighted by molar-refractivity contribution is 0.134. The molecule has 2 unspecified atom stereocenters. The van der Waals surface area contributed by atoms with Gasteiger partial charge in [0.2, 0.25) is 0 Å². The Morgan fingerprint density at radius 1 is 1.39 bits per heavy atom. The maximum absolute atomic E-state index is 11.6. The minimum atomic E-state index is -0.339. The van der Waals surface area contributed by atoms with E-state index in [1.54, 1.807) is 0 Å². The van der Waals surface area contributed by atoms with Crippen LogP contribution in [0.15, 0.2) is 30.3 Å². The van der Waals surface area contributed by atoms with Gasteiger partial charge < -0.3 is 15.4 Å². The van der Waals surface area contributed by atoms with Gasteiger partial charge in [-0.3, -0.25) is 0 Å². The first kappa shape index (κ1) is 14.8. The Morgan fingerprint density at radius 3 is 2.72 bits per heavy atom. The predicted octanol–water partition coefficient (Wildman–Crippen LogP) is 1.94. The number of carbonyl (C=O) groups excluding carboxylic acids is 1. The van der Waals surface area contributed by atoms with Gasteiger partial charge in [-0.25, -0.2) is 4.79 Å². The van der Waals surface area contributed by atoms with Crippen molar-refractivity contribution in [1.29, 1.82) is 0 Å². The first-order valence-corrected chi connectivity index (χ1v) is 5.93. The quantitative estimate of drug-likeness (QED) is 0.883. The second-order valence-corrected chi connectivity index (χ2v) is 4.45. The monoisotopic (exact) mass is 270 g/mol. The van der Waals surface area contributed by atoms with Crippen LogP contribution in [0, 0.1) is 5.92 Å². The van der Waals surface area contributed by atoms with Crippen molar-refractivity contribution in [3.63, 3.8) is 0 Å². The number of halogens is 1. The molecule has 2 N–H and O–H groups in total. The summed E-state index contributed by atoms with van der Waals surface area (Å²) in [4.78, 5) is 11.6. The summed E-state index contributed by atoms with van der Waals surface area (Å²) < 4.78 is 5.16. The zero-order chi connectivity index (χ0) is 12.1. The molecule has 1 aromatic carbocycles. The van der Waals surface area contributed by atoms with Crippen LogP contribution in [0.4, 0.5) is 4.79 Å². The van der Waals surface area contributed by atoms with Crippen molar-refractivity contribution in [2.45, 2.75) is 19.6 Å². The summed E-state index contributed by atoms with van der Waals surface area (Å²) in [5.74, 6) is 0.458. The lowest BCUT2D eigenvalue weighted by atomic mass is 10.1. The van der Waals surface area contributed by atoms with Crippen molar-refractivity contribution < 1.29 is 9.53 Å². The SMILES string of the molecule is CC1CNCC1NC(=O)OCc1ccccc1.Cl. The summed E-state index contributed by atoms with van der Waals surface area (Å²) in [6.07, 6.45) is -0.339. The number of alkyl carbamates (subject to hydrolysis) is 1. The number of nitrogens with one attached hydrogen (secondary N) is 2. The van der Waals surface area contributed by atoms with Gasteiger partial charge in [-0.1, -0.05) is 37.3 Å². The molecule has 5 heteroatoms. The fourth-order valence-electron chi connectivity index (χ4n) is 1.92. The average Bonchev–Trinajstić information content (AvgIpc) is 2.74. The van der Waals surface area contributed by atoms with Crippen LogP contribution in [-0.4, -0.2) is 25.2 Å². The third-order valence-electron chi connectivity index (χ3n) is 3.03. The van der Waals surface area contributed by atoms with Crippen molar-refractivity contribution in [3.8, 4) is 0 Å². The van der Waals surface area contributed by atoms with Gasteiger partial charge in [0.15, 0.2) is 0 Å². The number of carbonyl (C=O) groups is 1. The van der Waals surface area contributed by atoms with E-state index in [0.29, 0.717) is 12.5 Å². The highest BCUT2D eigenvalue weighted by atomic mass is 35.5. The molecular weight excluding hydrogens is 252 g/mol. The summed E-state index contributed by atoms with van der Waals surface area (Å²) in [6.45, 7) is 4.20. The molecule has 1 aliphatic heterocycles. The molecule has 0 spiro atoms. The molecule has 1 heterocycles. The summed E-state index contributed by atoms with van der Waals surface area (Å²) in [5.41, 5.74) is 1.00. The molecule has 1 saturated heterocycles. The number of hydrogen-bond acceptors (Lipinski definition) is 3. The lowest BCUT2D eigenvalue weighted by Crippen LogP contribution is -2.39. The van der Waals surface area contributed by atoms with E-state index in [0.717, 1.165) is 18.7 Å². The van der Waals surface area contributed by atoms with E-state index in [-0.39, 0.29) is 24.5 Å². The molecule has 2 rings (SSSR count). The smallest absolute Gasteiger partial charge is 0.407 e. The molecule has 0 aliphatic carbocycles. The third-order valence-corrected chi connectivity index (χ3v) is 3.03. The highest BCUT2D eigenvalue weighted by Gasteiger charge is 2.24. The maximum Gasteiger partial charge on any atom is 0.407 e. The Labute approximate surface area is 114 Å². The van der Waals surface area contributed by atoms with Crippen molar-refractivity contribution in [3.05, 3.63) is 35.9 Å². The lowest BCUT2D eigenvalue weighted by Gasteiger charge is -2.16. The average molecular weight is 271 g/mol. The summed E-state index contributed by atoms with van der Waals surface area (Å²) in [6, 6.07) is 9.85. The Kier molecular flexibility index (Phi) is 5.95. The van der Waals surface area contributed by atoms with Crippen LogP contribution in [0.3, 0.4) is 0 Å². The van der Waals surface area contributed by atoms with Gasteiger partial charge in [-0.2, -0.15) is 0 Å². The van der Waals surface area contributed by atoms with Crippen LogP contribution >= 0.6 is 12.4 Å². The van der Waals surface area contributed by atoms with Crippen LogP contribution in [0.5, 0.6) is 0 Å². The normalized spacial score (nSPS) is 22.1. The molecule has 0 bridgehead atoms. The summed E-state index contributed by atoms with van der Waals surface area (Å²) in [5, 5.41) is 6.11. The van der Waals surface area contributed by atoms with Gasteiger partial charge in [0.1, 0.15) is 6.61 Å². The Morgan fingerprint density at radius 2 is 2.11 bits per heavy atom. The number of ether oxygens (including phenoxy) is 1. The zero-order valence-electron chi connectivity index (χ0n) is 10.4. The van der Waals surface area contributed by atoms with Gasteiger partial charge in [-0.05, 0) is 18.0 Å². The molecule has 1 aliphatic rings. The van der Waals surface area contributed by atoms with Crippen molar-refractivity contribution in [2.24, 2.45) is 5.92 Å². The minimum Gasteiger partial charge on any atom is -0.445 e. The van der Waals surface area contributed by atoms with Gasteiger partial charge in [0, 0.05) is 12.6 Å². The van der Waals surface area contributed by atoms with E-state index in [2.05, 4.69) is 17.6 Å². The van der Waals surface area contributed by atoms with E-state index in [4.69, 9.17) is 4.74 Å². The van der Waals surface area contributed by atoms with Gasteiger partial charge in [0.05, 0.1) is 0 Å². The van der Waals surface area contributed by atoms with E-state index >= 15 is 0 Å². The molecule has 100 valence electrons. The standard InChI is InChI=1S/C13H18N2O2.ClH/c1-10-7-14-8-12(10)15-13(16)17-9-11-5-3-2-4-6-11;/h2-6,10,12,14H,7-9H2,1H3,(H,15,16);1H. The van der Waals surface area contributed by atoms with E-state index in [9.17, 15) is 4.79 Å². The van der Waals surface area contributed by atoms with Crippen LogP contribution < -0.4 is 10.6 Å². The molecule has 0 radical (unpaired) electrons. The van der Waals surface area contributed by atoms with E-state index in [1.165, 1.54) is 0 Å². The van der Waals surface area contributed by atoms with E-state index in [1.807, 2.05) is 30.3 Å². The highest BCUT2D eigenvalue weighted by Crippen LogP contribution is 2.08. The van der Waals surface area contributed by atoms with Gasteiger partial charge >= 0.3 is 6.09 Å². The van der Waals surface area contributed by atoms with Crippen LogP contribution in [-0.2, 0) is 11.3 Å². The summed E-state index contributed by atoms with van der Waals surface area (Å²) in [7, 11) is 0. The first-order valence-electron chi connectivity index (χ1n) is 5.93. The molecule has 18 heavy (non-hydrogen) atoms. The second kappa shape index (κ2) is 7.24. The highest BCUT2D eigenvalue weighted by molar-refractivity contribution is 5.85. The topological polar surface area (TPSA) is 50.4 Å². The first-order chi connectivity index (χ1) is 8.25. The van der Waals surface area contributed by atoms with Crippen molar-refractivity contribution in [2.75, 3.05) is 13.1 Å². The maximum atomic E-state index is 11.6. The van der Waals surface area contributed by atoms with Crippen molar-refractivity contribution in [1.82, 2.24) is 10.6 Å². The number of benzene rings is 1. The Balaban J connectivity index is 0.00000162. The summed E-state index contributed by atoms with van der Waals surface area (Å²) >= 11 is 0. The fourth-order valence-corrected chi connectivity index (χ4v) is 1.92. The minimum absolute atomic E-state index is 0. The van der Waals surface area contributed by atoms with Crippen LogP contribution in [0.25, 0.3) is 0 Å². The van der Waals surface area contributed by atoms with Crippen LogP contribution in [0.1, 0.15) is 12.5 Å². The number of amides is 1. The number of rotatable bonds is 3. The molecule has 0 saturated carbocycles. The predicted molar refractivity (Wildman–Crippen MR) is 72.8 cm³/mol. The largest absolute Gasteiger partial charge is 0.445 e. The second-order valence-electron chi connectivity index (χ2n) is 4.45. The van der Waals surface area contributed by atoms with Crippen LogP contribution in [0.2, 0.25) is 0 Å².